The van der Waals surface area contributed by atoms with E-state index in [9.17, 15) is 9.59 Å². The Kier molecular flexibility index (Phi) is 6.12. The van der Waals surface area contributed by atoms with Gasteiger partial charge in [-0.1, -0.05) is 24.3 Å². The Bertz CT molecular complexity index is 1240. The highest BCUT2D eigenvalue weighted by Gasteiger charge is 2.42. The van der Waals surface area contributed by atoms with Gasteiger partial charge >= 0.3 is 0 Å². The number of fused-ring (bicyclic) bond motifs is 3. The third-order valence-corrected chi connectivity index (χ3v) is 7.52. The van der Waals surface area contributed by atoms with Gasteiger partial charge < -0.3 is 20.4 Å². The van der Waals surface area contributed by atoms with Gasteiger partial charge in [0.25, 0.3) is 0 Å². The van der Waals surface area contributed by atoms with Gasteiger partial charge in [0.2, 0.25) is 5.91 Å². The lowest BCUT2D eigenvalue weighted by molar-refractivity contribution is -0.117. The summed E-state index contributed by atoms with van der Waals surface area (Å²) in [5, 5.41) is 15.3. The molecule has 0 aromatic heterocycles. The number of azo groups is 1. The fourth-order valence-electron chi connectivity index (χ4n) is 5.46. The summed E-state index contributed by atoms with van der Waals surface area (Å²) in [6, 6.07) is 13.4. The third kappa shape index (κ3) is 4.23. The number of hydrogen-bond acceptors (Lipinski definition) is 8. The number of carbonyl (C=O) groups is 2. The lowest BCUT2D eigenvalue weighted by Crippen LogP contribution is -2.47. The van der Waals surface area contributed by atoms with Crippen LogP contribution in [0.5, 0.6) is 0 Å². The molecule has 9 heteroatoms. The summed E-state index contributed by atoms with van der Waals surface area (Å²) < 4.78 is 0. The summed E-state index contributed by atoms with van der Waals surface area (Å²) in [4.78, 5) is 33.2. The van der Waals surface area contributed by atoms with Crippen LogP contribution < -0.4 is 15.5 Å². The lowest BCUT2D eigenvalue weighted by Gasteiger charge is -2.31. The largest absolute Gasteiger partial charge is 0.369 e. The highest BCUT2D eigenvalue weighted by molar-refractivity contribution is 6.22. The van der Waals surface area contributed by atoms with Crippen LogP contribution in [0.2, 0.25) is 0 Å². The molecule has 186 valence electrons. The normalized spacial score (nSPS) is 22.2. The van der Waals surface area contributed by atoms with Gasteiger partial charge in [-0.05, 0) is 30.8 Å². The van der Waals surface area contributed by atoms with Crippen molar-refractivity contribution in [3.8, 4) is 0 Å². The van der Waals surface area contributed by atoms with Gasteiger partial charge in [-0.25, -0.2) is 0 Å². The van der Waals surface area contributed by atoms with Gasteiger partial charge in [-0.15, -0.1) is 0 Å². The van der Waals surface area contributed by atoms with E-state index >= 15 is 0 Å². The van der Waals surface area contributed by atoms with Gasteiger partial charge in [-0.3, -0.25) is 14.5 Å². The minimum Gasteiger partial charge on any atom is -0.369 e. The van der Waals surface area contributed by atoms with Crippen molar-refractivity contribution in [3.05, 3.63) is 64.7 Å². The van der Waals surface area contributed by atoms with Crippen molar-refractivity contribution in [2.45, 2.75) is 6.04 Å². The maximum Gasteiger partial charge on any atom is 0.238 e. The topological polar surface area (TPSA) is 92.6 Å². The van der Waals surface area contributed by atoms with Gasteiger partial charge in [0.15, 0.2) is 5.78 Å². The molecular formula is C27H31N7O2. The van der Waals surface area contributed by atoms with Crippen molar-refractivity contribution < 1.29 is 9.59 Å². The average Bonchev–Trinajstić information content (AvgIpc) is 3.46. The monoisotopic (exact) mass is 485 g/mol. The summed E-state index contributed by atoms with van der Waals surface area (Å²) in [7, 11) is 2.09. The SMILES string of the molecule is CN1CCN(CC(=O)Nc2cccc3c2C(=O)C2=C(c4ccc(N5CCNCC5)cc4)N=NC23)CC1. The first kappa shape index (κ1) is 23.0. The standard InChI is InChI=1S/C27H31N7O2/c1-32-13-15-33(16-14-32)17-22(35)29-21-4-2-3-20-23(21)27(36)24-25(30-31-26(20)24)18-5-7-19(8-6-18)34-11-9-28-10-12-34/h2-8,26,28H,9-17H2,1H3,(H,29,35). The molecular weight excluding hydrogens is 454 g/mol. The van der Waals surface area contributed by atoms with Crippen molar-refractivity contribution in [1.82, 2.24) is 15.1 Å². The molecule has 2 saturated heterocycles. The van der Waals surface area contributed by atoms with Gasteiger partial charge in [-0.2, -0.15) is 10.2 Å². The van der Waals surface area contributed by atoms with Crippen LogP contribution in [-0.4, -0.2) is 87.4 Å². The van der Waals surface area contributed by atoms with E-state index in [0.717, 1.165) is 63.5 Å². The fourth-order valence-corrected chi connectivity index (χ4v) is 5.46. The van der Waals surface area contributed by atoms with E-state index in [1.807, 2.05) is 24.3 Å². The molecule has 2 N–H and O–H groups in total. The zero-order valence-electron chi connectivity index (χ0n) is 20.5. The zero-order valence-corrected chi connectivity index (χ0v) is 20.5. The predicted molar refractivity (Wildman–Crippen MR) is 139 cm³/mol. The van der Waals surface area contributed by atoms with Crippen molar-refractivity contribution in [3.63, 3.8) is 0 Å². The van der Waals surface area contributed by atoms with E-state index in [1.165, 1.54) is 5.69 Å². The molecule has 0 saturated carbocycles. The van der Waals surface area contributed by atoms with Crippen LogP contribution >= 0.6 is 0 Å². The van der Waals surface area contributed by atoms with E-state index < -0.39 is 6.04 Å². The Morgan fingerprint density at radius 1 is 1.03 bits per heavy atom. The van der Waals surface area contributed by atoms with E-state index in [4.69, 9.17) is 0 Å². The summed E-state index contributed by atoms with van der Waals surface area (Å²) >= 11 is 0. The number of benzene rings is 2. The molecule has 4 aliphatic rings. The van der Waals surface area contributed by atoms with Crippen molar-refractivity contribution >= 4 is 28.8 Å². The number of ketones is 1. The maximum absolute atomic E-state index is 13.6. The van der Waals surface area contributed by atoms with E-state index in [0.29, 0.717) is 29.1 Å². The van der Waals surface area contributed by atoms with Gasteiger partial charge in [0.1, 0.15) is 11.7 Å². The molecule has 3 heterocycles. The number of piperazine rings is 2. The van der Waals surface area contributed by atoms with Crippen molar-refractivity contribution in [1.29, 1.82) is 0 Å². The molecule has 0 bridgehead atoms. The Labute approximate surface area is 210 Å². The van der Waals surface area contributed by atoms with Crippen LogP contribution in [0.25, 0.3) is 5.70 Å². The van der Waals surface area contributed by atoms with Crippen LogP contribution in [0.1, 0.15) is 27.5 Å². The number of amides is 1. The Morgan fingerprint density at radius 2 is 1.78 bits per heavy atom. The molecule has 2 aromatic carbocycles. The number of rotatable bonds is 5. The van der Waals surface area contributed by atoms with Crippen LogP contribution in [0.3, 0.4) is 0 Å². The van der Waals surface area contributed by atoms with Crippen LogP contribution in [0, 0.1) is 0 Å². The fraction of sp³-hybridized carbons (Fsp3) is 0.407. The van der Waals surface area contributed by atoms with Crippen molar-refractivity contribution in [2.75, 3.05) is 76.2 Å². The Morgan fingerprint density at radius 3 is 2.53 bits per heavy atom. The molecule has 6 rings (SSSR count). The zero-order chi connectivity index (χ0) is 24.6. The summed E-state index contributed by atoms with van der Waals surface area (Å²) in [6.07, 6.45) is 0. The molecule has 2 fully saturated rings. The second kappa shape index (κ2) is 9.57. The number of nitrogens with one attached hydrogen (secondary N) is 2. The van der Waals surface area contributed by atoms with E-state index in [1.54, 1.807) is 6.07 Å². The van der Waals surface area contributed by atoms with E-state index in [-0.39, 0.29) is 11.7 Å². The first-order chi connectivity index (χ1) is 17.6. The third-order valence-electron chi connectivity index (χ3n) is 7.52. The van der Waals surface area contributed by atoms with E-state index in [2.05, 4.69) is 54.7 Å². The lowest BCUT2D eigenvalue weighted by atomic mass is 10.0. The molecule has 1 atom stereocenters. The highest BCUT2D eigenvalue weighted by atomic mass is 16.2. The van der Waals surface area contributed by atoms with Crippen LogP contribution in [0.15, 0.2) is 58.3 Å². The first-order valence-corrected chi connectivity index (χ1v) is 12.7. The first-order valence-electron chi connectivity index (χ1n) is 12.7. The van der Waals surface area contributed by atoms with Gasteiger partial charge in [0.05, 0.1) is 23.4 Å². The summed E-state index contributed by atoms with van der Waals surface area (Å²) in [6.45, 7) is 7.87. The number of anilines is 2. The molecule has 9 nitrogen and oxygen atoms in total. The highest BCUT2D eigenvalue weighted by Crippen LogP contribution is 2.49. The number of likely N-dealkylation sites (N-methyl/N-ethyl adjacent to an activating group) is 1. The number of Topliss-reactive ketones (excluding diaryl/α,β-unsaturated/α-hetero) is 1. The van der Waals surface area contributed by atoms with Gasteiger partial charge in [0, 0.05) is 63.6 Å². The minimum atomic E-state index is -0.412. The Balaban J connectivity index is 1.22. The molecule has 0 spiro atoms. The Hall–Kier alpha value is -3.40. The second-order valence-electron chi connectivity index (χ2n) is 9.89. The molecule has 1 aliphatic carbocycles. The molecule has 3 aliphatic heterocycles. The second-order valence-corrected chi connectivity index (χ2v) is 9.89. The molecule has 2 aromatic rings. The summed E-state index contributed by atoms with van der Waals surface area (Å²) in [5.74, 6) is -0.200. The predicted octanol–water partition coefficient (Wildman–Crippen LogP) is 2.40. The smallest absolute Gasteiger partial charge is 0.238 e. The molecule has 1 unspecified atom stereocenters. The average molecular weight is 486 g/mol. The number of nitrogens with zero attached hydrogens (tertiary/aromatic N) is 5. The quantitative estimate of drug-likeness (QED) is 0.676. The summed E-state index contributed by atoms with van der Waals surface area (Å²) in [5.41, 5.74) is 5.19. The number of carbonyl (C=O) groups excluding carboxylic acids is 2. The molecule has 36 heavy (non-hydrogen) atoms. The van der Waals surface area contributed by atoms with Crippen LogP contribution in [-0.2, 0) is 4.79 Å². The van der Waals surface area contributed by atoms with Crippen LogP contribution in [0.4, 0.5) is 11.4 Å². The number of hydrogen-bond donors (Lipinski definition) is 2. The molecule has 0 radical (unpaired) electrons. The van der Waals surface area contributed by atoms with Crippen molar-refractivity contribution in [2.24, 2.45) is 10.2 Å². The minimum absolute atomic E-state index is 0.0999. The molecule has 1 amide bonds. The maximum atomic E-state index is 13.6.